The number of hydrogen-bond acceptors (Lipinski definition) is 0. The van der Waals surface area contributed by atoms with Crippen molar-refractivity contribution in [3.63, 3.8) is 0 Å². The molecule has 128 valence electrons. The fraction of sp³-hybridized carbons (Fsp3) is 0.0769. The summed E-state index contributed by atoms with van der Waals surface area (Å²) in [4.78, 5) is 0. The van der Waals surface area contributed by atoms with Crippen LogP contribution in [0.1, 0.15) is 13.8 Å². The molecule has 4 aromatic rings. The van der Waals surface area contributed by atoms with Gasteiger partial charge in [0, 0.05) is 0 Å². The average molecular weight is 336 g/mol. The average Bonchev–Trinajstić information content (AvgIpc) is 2.76. The Balaban J connectivity index is 0.000000948. The van der Waals surface area contributed by atoms with Gasteiger partial charge in [-0.15, -0.1) is 0 Å². The zero-order chi connectivity index (χ0) is 18.2. The fourth-order valence-electron chi connectivity index (χ4n) is 3.10. The highest BCUT2D eigenvalue weighted by molar-refractivity contribution is 5.85. The molecular weight excluding hydrogens is 312 g/mol. The summed E-state index contributed by atoms with van der Waals surface area (Å²) in [5.41, 5.74) is 7.52. The third-order valence-corrected chi connectivity index (χ3v) is 4.29. The fourth-order valence-corrected chi connectivity index (χ4v) is 3.10. The lowest BCUT2D eigenvalue weighted by Crippen LogP contribution is -1.86. The standard InChI is InChI=1S/C24H18.C2H6/c1-3-10-19(11-4-1)21-14-9-15-22(18-21)24-17-8-7-16-23(24)20-12-5-2-6-13-20;1-2/h1-18H;1-2H3. The van der Waals surface area contributed by atoms with Gasteiger partial charge in [-0.1, -0.05) is 117 Å². The van der Waals surface area contributed by atoms with E-state index < -0.39 is 0 Å². The van der Waals surface area contributed by atoms with Crippen LogP contribution in [0, 0.1) is 0 Å². The van der Waals surface area contributed by atoms with Crippen molar-refractivity contribution in [3.8, 4) is 33.4 Å². The van der Waals surface area contributed by atoms with Gasteiger partial charge in [0.15, 0.2) is 0 Å². The van der Waals surface area contributed by atoms with Gasteiger partial charge >= 0.3 is 0 Å². The van der Waals surface area contributed by atoms with Crippen LogP contribution in [-0.2, 0) is 0 Å². The van der Waals surface area contributed by atoms with Crippen LogP contribution in [0.15, 0.2) is 109 Å². The normalized spacial score (nSPS) is 9.92. The third kappa shape index (κ3) is 3.92. The Morgan fingerprint density at radius 2 is 0.769 bits per heavy atom. The molecule has 0 saturated heterocycles. The van der Waals surface area contributed by atoms with Gasteiger partial charge in [-0.3, -0.25) is 0 Å². The molecule has 26 heavy (non-hydrogen) atoms. The summed E-state index contributed by atoms with van der Waals surface area (Å²) in [5.74, 6) is 0. The maximum Gasteiger partial charge on any atom is -0.0105 e. The SMILES string of the molecule is CC.c1ccc(-c2cccc(-c3ccccc3-c3ccccc3)c2)cc1. The Labute approximate surface area is 156 Å². The molecule has 0 heteroatoms. The highest BCUT2D eigenvalue weighted by Crippen LogP contribution is 2.33. The summed E-state index contributed by atoms with van der Waals surface area (Å²) < 4.78 is 0. The molecule has 0 aliphatic heterocycles. The highest BCUT2D eigenvalue weighted by atomic mass is 14.1. The molecule has 4 rings (SSSR count). The molecule has 0 saturated carbocycles. The van der Waals surface area contributed by atoms with Gasteiger partial charge in [-0.25, -0.2) is 0 Å². The van der Waals surface area contributed by atoms with Crippen LogP contribution in [0.2, 0.25) is 0 Å². The molecule has 0 N–H and O–H groups in total. The first-order valence-corrected chi connectivity index (χ1v) is 9.22. The van der Waals surface area contributed by atoms with Crippen molar-refractivity contribution in [2.75, 3.05) is 0 Å². The summed E-state index contributed by atoms with van der Waals surface area (Å²) in [6.45, 7) is 4.00. The first-order valence-electron chi connectivity index (χ1n) is 9.22. The van der Waals surface area contributed by atoms with E-state index in [0.717, 1.165) is 0 Å². The summed E-state index contributed by atoms with van der Waals surface area (Å²) in [6.07, 6.45) is 0. The molecule has 0 spiro atoms. The monoisotopic (exact) mass is 336 g/mol. The van der Waals surface area contributed by atoms with Gasteiger partial charge in [0.25, 0.3) is 0 Å². The van der Waals surface area contributed by atoms with Crippen LogP contribution in [-0.4, -0.2) is 0 Å². The Hall–Kier alpha value is -3.12. The lowest BCUT2D eigenvalue weighted by atomic mass is 9.93. The van der Waals surface area contributed by atoms with E-state index in [9.17, 15) is 0 Å². The molecule has 0 nitrogen and oxygen atoms in total. The van der Waals surface area contributed by atoms with Gasteiger partial charge in [0.05, 0.1) is 0 Å². The van der Waals surface area contributed by atoms with Crippen molar-refractivity contribution in [1.82, 2.24) is 0 Å². The van der Waals surface area contributed by atoms with E-state index in [4.69, 9.17) is 0 Å². The van der Waals surface area contributed by atoms with E-state index in [1.54, 1.807) is 0 Å². The van der Waals surface area contributed by atoms with Gasteiger partial charge in [-0.2, -0.15) is 0 Å². The van der Waals surface area contributed by atoms with Crippen LogP contribution >= 0.6 is 0 Å². The van der Waals surface area contributed by atoms with Crippen molar-refractivity contribution in [2.24, 2.45) is 0 Å². The predicted molar refractivity (Wildman–Crippen MR) is 114 cm³/mol. The van der Waals surface area contributed by atoms with E-state index in [2.05, 4.69) is 109 Å². The van der Waals surface area contributed by atoms with Crippen LogP contribution < -0.4 is 0 Å². The van der Waals surface area contributed by atoms with E-state index >= 15 is 0 Å². The quantitative estimate of drug-likeness (QED) is 0.359. The predicted octanol–water partition coefficient (Wildman–Crippen LogP) is 7.71. The first kappa shape index (κ1) is 17.7. The molecule has 0 bridgehead atoms. The van der Waals surface area contributed by atoms with Crippen LogP contribution in [0.5, 0.6) is 0 Å². The lowest BCUT2D eigenvalue weighted by molar-refractivity contribution is 1.50. The second-order valence-corrected chi connectivity index (χ2v) is 5.86. The first-order chi connectivity index (χ1) is 12.9. The van der Waals surface area contributed by atoms with Crippen LogP contribution in [0.25, 0.3) is 33.4 Å². The second-order valence-electron chi connectivity index (χ2n) is 5.86. The molecule has 0 aromatic heterocycles. The molecule has 0 atom stereocenters. The highest BCUT2D eigenvalue weighted by Gasteiger charge is 2.07. The van der Waals surface area contributed by atoms with Gasteiger partial charge in [-0.05, 0) is 39.4 Å². The Morgan fingerprint density at radius 3 is 1.38 bits per heavy atom. The van der Waals surface area contributed by atoms with Gasteiger partial charge in [0.2, 0.25) is 0 Å². The van der Waals surface area contributed by atoms with Crippen molar-refractivity contribution in [2.45, 2.75) is 13.8 Å². The molecule has 0 unspecified atom stereocenters. The molecule has 0 amide bonds. The Kier molecular flexibility index (Phi) is 6.01. The van der Waals surface area contributed by atoms with Crippen molar-refractivity contribution >= 4 is 0 Å². The molecule has 0 aliphatic rings. The summed E-state index contributed by atoms with van der Waals surface area (Å²) in [5, 5.41) is 0. The van der Waals surface area contributed by atoms with Gasteiger partial charge in [0.1, 0.15) is 0 Å². The zero-order valence-corrected chi connectivity index (χ0v) is 15.4. The topological polar surface area (TPSA) is 0 Å². The number of rotatable bonds is 3. The van der Waals surface area contributed by atoms with E-state index in [0.29, 0.717) is 0 Å². The number of hydrogen-bond donors (Lipinski definition) is 0. The van der Waals surface area contributed by atoms with Crippen molar-refractivity contribution in [1.29, 1.82) is 0 Å². The molecular formula is C26H24. The number of benzene rings is 4. The smallest absolute Gasteiger partial charge is 0.0105 e. The van der Waals surface area contributed by atoms with E-state index in [-0.39, 0.29) is 0 Å². The third-order valence-electron chi connectivity index (χ3n) is 4.29. The van der Waals surface area contributed by atoms with Crippen molar-refractivity contribution in [3.05, 3.63) is 109 Å². The molecule has 0 fully saturated rings. The van der Waals surface area contributed by atoms with Crippen LogP contribution in [0.3, 0.4) is 0 Å². The van der Waals surface area contributed by atoms with Gasteiger partial charge < -0.3 is 0 Å². The lowest BCUT2D eigenvalue weighted by Gasteiger charge is -2.11. The largest absolute Gasteiger partial charge is 0.0683 e. The van der Waals surface area contributed by atoms with Crippen molar-refractivity contribution < 1.29 is 0 Å². The summed E-state index contributed by atoms with van der Waals surface area (Å²) in [7, 11) is 0. The second kappa shape index (κ2) is 8.82. The molecule has 0 radical (unpaired) electrons. The molecule has 0 aliphatic carbocycles. The maximum absolute atomic E-state index is 2.27. The summed E-state index contributed by atoms with van der Waals surface area (Å²) >= 11 is 0. The van der Waals surface area contributed by atoms with E-state index in [1.165, 1.54) is 33.4 Å². The minimum atomic E-state index is 1.25. The zero-order valence-electron chi connectivity index (χ0n) is 15.4. The minimum absolute atomic E-state index is 1.25. The maximum atomic E-state index is 2.27. The summed E-state index contributed by atoms with van der Waals surface area (Å²) in [6, 6.07) is 38.5. The van der Waals surface area contributed by atoms with E-state index in [1.807, 2.05) is 13.8 Å². The minimum Gasteiger partial charge on any atom is -0.0683 e. The van der Waals surface area contributed by atoms with Crippen LogP contribution in [0.4, 0.5) is 0 Å². The molecule has 0 heterocycles. The molecule has 4 aromatic carbocycles. The Bertz CT molecular complexity index is 938. The Morgan fingerprint density at radius 1 is 0.346 bits per heavy atom.